The molecule has 24 heavy (non-hydrogen) atoms. The lowest BCUT2D eigenvalue weighted by molar-refractivity contribution is -0.129. The van der Waals surface area contributed by atoms with Crippen molar-refractivity contribution in [3.8, 4) is 0 Å². The first-order valence-electron chi connectivity index (χ1n) is 8.97. The molecule has 2 heterocycles. The van der Waals surface area contributed by atoms with Gasteiger partial charge in [-0.3, -0.25) is 14.5 Å². The number of amides is 2. The van der Waals surface area contributed by atoms with Crippen LogP contribution in [0.5, 0.6) is 0 Å². The molecular weight excluding hydrogens is 322 g/mol. The molecule has 1 N–H and O–H groups in total. The molecule has 0 spiro atoms. The standard InChI is InChI=1S/C18H27N3O2S/c1-3-20(4-2)16(13-7-8-24-12-13)10-19-18(23)14-9-17(22)21(11-14)15-5-6-15/h7-8,12,14-16H,3-6,9-11H2,1-2H3,(H,19,23)/t14-,16+/m0/s1. The summed E-state index contributed by atoms with van der Waals surface area (Å²) < 4.78 is 0. The van der Waals surface area contributed by atoms with E-state index in [0.29, 0.717) is 25.6 Å². The molecule has 0 unspecified atom stereocenters. The molecule has 132 valence electrons. The van der Waals surface area contributed by atoms with Gasteiger partial charge in [0.05, 0.1) is 12.0 Å². The van der Waals surface area contributed by atoms with Crippen LogP contribution in [-0.2, 0) is 9.59 Å². The largest absolute Gasteiger partial charge is 0.354 e. The molecule has 2 fully saturated rings. The van der Waals surface area contributed by atoms with Crippen LogP contribution < -0.4 is 5.32 Å². The zero-order valence-corrected chi connectivity index (χ0v) is 15.3. The van der Waals surface area contributed by atoms with E-state index in [4.69, 9.17) is 0 Å². The smallest absolute Gasteiger partial charge is 0.225 e. The van der Waals surface area contributed by atoms with E-state index in [-0.39, 0.29) is 23.8 Å². The predicted molar refractivity (Wildman–Crippen MR) is 95.8 cm³/mol. The van der Waals surface area contributed by atoms with E-state index in [0.717, 1.165) is 25.9 Å². The summed E-state index contributed by atoms with van der Waals surface area (Å²) in [5.41, 5.74) is 1.26. The zero-order valence-electron chi connectivity index (χ0n) is 14.5. The van der Waals surface area contributed by atoms with Crippen LogP contribution >= 0.6 is 11.3 Å². The summed E-state index contributed by atoms with van der Waals surface area (Å²) in [6.45, 7) is 7.39. The van der Waals surface area contributed by atoms with E-state index in [2.05, 4.69) is 40.9 Å². The Morgan fingerprint density at radius 2 is 2.17 bits per heavy atom. The van der Waals surface area contributed by atoms with Crippen molar-refractivity contribution in [1.29, 1.82) is 0 Å². The average molecular weight is 350 g/mol. The number of likely N-dealkylation sites (N-methyl/N-ethyl adjacent to an activating group) is 1. The van der Waals surface area contributed by atoms with Crippen LogP contribution in [0.25, 0.3) is 0 Å². The molecule has 6 heteroatoms. The normalized spacial score (nSPS) is 22.2. The Labute approximate surface area is 148 Å². The summed E-state index contributed by atoms with van der Waals surface area (Å²) in [4.78, 5) is 28.8. The number of thiophene rings is 1. The van der Waals surface area contributed by atoms with Crippen molar-refractivity contribution < 1.29 is 9.59 Å². The van der Waals surface area contributed by atoms with E-state index in [1.165, 1.54) is 5.56 Å². The molecule has 1 aromatic rings. The van der Waals surface area contributed by atoms with Crippen LogP contribution in [0.3, 0.4) is 0 Å². The SMILES string of the molecule is CCN(CC)[C@H](CNC(=O)[C@H]1CC(=O)N(C2CC2)C1)c1ccsc1. The molecule has 1 aromatic heterocycles. The number of carbonyl (C=O) groups excluding carboxylic acids is 2. The Balaban J connectivity index is 1.58. The molecule has 0 aromatic carbocycles. The van der Waals surface area contributed by atoms with Crippen molar-refractivity contribution >= 4 is 23.2 Å². The number of nitrogens with zero attached hydrogens (tertiary/aromatic N) is 2. The quantitative estimate of drug-likeness (QED) is 0.783. The monoisotopic (exact) mass is 349 g/mol. The lowest BCUT2D eigenvalue weighted by Gasteiger charge is -2.29. The minimum absolute atomic E-state index is 0.0267. The van der Waals surface area contributed by atoms with Crippen molar-refractivity contribution in [2.24, 2.45) is 5.92 Å². The van der Waals surface area contributed by atoms with Crippen molar-refractivity contribution in [2.45, 2.75) is 45.2 Å². The van der Waals surface area contributed by atoms with Gasteiger partial charge >= 0.3 is 0 Å². The van der Waals surface area contributed by atoms with Crippen LogP contribution in [0.15, 0.2) is 16.8 Å². The maximum absolute atomic E-state index is 12.5. The van der Waals surface area contributed by atoms with Gasteiger partial charge in [0.15, 0.2) is 0 Å². The van der Waals surface area contributed by atoms with Gasteiger partial charge in [-0.05, 0) is 48.3 Å². The Bertz CT molecular complexity index is 567. The molecule has 0 radical (unpaired) electrons. The number of hydrogen-bond donors (Lipinski definition) is 1. The Morgan fingerprint density at radius 3 is 2.75 bits per heavy atom. The number of carbonyl (C=O) groups is 2. The molecule has 0 bridgehead atoms. The second-order valence-electron chi connectivity index (χ2n) is 6.72. The highest BCUT2D eigenvalue weighted by Gasteiger charge is 2.41. The van der Waals surface area contributed by atoms with E-state index < -0.39 is 0 Å². The third-order valence-corrected chi connectivity index (χ3v) is 5.87. The van der Waals surface area contributed by atoms with Gasteiger partial charge in [0.25, 0.3) is 0 Å². The third-order valence-electron chi connectivity index (χ3n) is 5.17. The van der Waals surface area contributed by atoms with Crippen LogP contribution in [0.4, 0.5) is 0 Å². The molecule has 2 amide bonds. The Kier molecular flexibility index (Phi) is 5.56. The highest BCUT2D eigenvalue weighted by molar-refractivity contribution is 7.07. The highest BCUT2D eigenvalue weighted by atomic mass is 32.1. The maximum atomic E-state index is 12.5. The molecule has 3 rings (SSSR count). The Hall–Kier alpha value is -1.40. The van der Waals surface area contributed by atoms with Gasteiger partial charge in [-0.2, -0.15) is 11.3 Å². The number of hydrogen-bond acceptors (Lipinski definition) is 4. The van der Waals surface area contributed by atoms with E-state index in [9.17, 15) is 9.59 Å². The lowest BCUT2D eigenvalue weighted by atomic mass is 10.1. The fraction of sp³-hybridized carbons (Fsp3) is 0.667. The second-order valence-corrected chi connectivity index (χ2v) is 7.50. The van der Waals surface area contributed by atoms with Gasteiger partial charge < -0.3 is 10.2 Å². The van der Waals surface area contributed by atoms with Gasteiger partial charge in [0, 0.05) is 25.6 Å². The first-order chi connectivity index (χ1) is 11.6. The molecule has 5 nitrogen and oxygen atoms in total. The minimum Gasteiger partial charge on any atom is -0.354 e. The fourth-order valence-electron chi connectivity index (χ4n) is 3.57. The van der Waals surface area contributed by atoms with Gasteiger partial charge in [0.1, 0.15) is 0 Å². The summed E-state index contributed by atoms with van der Waals surface area (Å²) in [6, 6.07) is 2.74. The molecule has 2 aliphatic rings. The lowest BCUT2D eigenvalue weighted by Crippen LogP contribution is -2.40. The number of nitrogens with one attached hydrogen (secondary N) is 1. The molecule has 2 atom stereocenters. The van der Waals surface area contributed by atoms with Crippen LogP contribution in [0, 0.1) is 5.92 Å². The van der Waals surface area contributed by atoms with Gasteiger partial charge in [-0.15, -0.1) is 0 Å². The van der Waals surface area contributed by atoms with E-state index >= 15 is 0 Å². The fourth-order valence-corrected chi connectivity index (χ4v) is 4.28. The average Bonchev–Trinajstić information content (AvgIpc) is 3.13. The number of likely N-dealkylation sites (tertiary alicyclic amines) is 1. The van der Waals surface area contributed by atoms with Crippen molar-refractivity contribution in [3.05, 3.63) is 22.4 Å². The van der Waals surface area contributed by atoms with E-state index in [1.807, 2.05) is 4.90 Å². The van der Waals surface area contributed by atoms with Gasteiger partial charge in [0.2, 0.25) is 11.8 Å². The summed E-state index contributed by atoms with van der Waals surface area (Å²) in [7, 11) is 0. The highest BCUT2D eigenvalue weighted by Crippen LogP contribution is 2.32. The van der Waals surface area contributed by atoms with Crippen molar-refractivity contribution in [3.63, 3.8) is 0 Å². The molecule has 1 aliphatic carbocycles. The molecular formula is C18H27N3O2S. The van der Waals surface area contributed by atoms with Crippen LogP contribution in [0.2, 0.25) is 0 Å². The minimum atomic E-state index is -0.182. The van der Waals surface area contributed by atoms with Gasteiger partial charge in [-0.1, -0.05) is 13.8 Å². The maximum Gasteiger partial charge on any atom is 0.225 e. The topological polar surface area (TPSA) is 52.7 Å². The Morgan fingerprint density at radius 1 is 1.42 bits per heavy atom. The van der Waals surface area contributed by atoms with Gasteiger partial charge in [-0.25, -0.2) is 0 Å². The zero-order chi connectivity index (χ0) is 17.1. The molecule has 1 saturated heterocycles. The first kappa shape index (κ1) is 17.4. The van der Waals surface area contributed by atoms with Crippen molar-refractivity contribution in [1.82, 2.24) is 15.1 Å². The first-order valence-corrected chi connectivity index (χ1v) is 9.91. The van der Waals surface area contributed by atoms with Crippen molar-refractivity contribution in [2.75, 3.05) is 26.2 Å². The molecule has 1 saturated carbocycles. The van der Waals surface area contributed by atoms with Crippen LogP contribution in [0.1, 0.15) is 44.7 Å². The second kappa shape index (κ2) is 7.66. The predicted octanol–water partition coefficient (Wildman–Crippen LogP) is 2.26. The summed E-state index contributed by atoms with van der Waals surface area (Å²) in [6.07, 6.45) is 2.57. The molecule has 1 aliphatic heterocycles. The third kappa shape index (κ3) is 3.81. The summed E-state index contributed by atoms with van der Waals surface area (Å²) >= 11 is 1.69. The van der Waals surface area contributed by atoms with E-state index in [1.54, 1.807) is 11.3 Å². The summed E-state index contributed by atoms with van der Waals surface area (Å²) in [5, 5.41) is 7.34. The van der Waals surface area contributed by atoms with Crippen LogP contribution in [-0.4, -0.2) is 53.8 Å². The number of rotatable bonds is 8. The summed E-state index contributed by atoms with van der Waals surface area (Å²) in [5.74, 6) is -0.00686.